The number of piperidine rings is 3. The lowest BCUT2D eigenvalue weighted by Crippen LogP contribution is -2.61. The van der Waals surface area contributed by atoms with Crippen molar-refractivity contribution < 1.29 is 18.8 Å². The van der Waals surface area contributed by atoms with Crippen molar-refractivity contribution in [2.75, 3.05) is 31.1 Å². The van der Waals surface area contributed by atoms with Crippen LogP contribution in [-0.4, -0.2) is 69.9 Å². The Balaban J connectivity index is 1.19. The van der Waals surface area contributed by atoms with Gasteiger partial charge in [-0.25, -0.2) is 4.39 Å². The van der Waals surface area contributed by atoms with E-state index in [1.165, 1.54) is 11.0 Å². The summed E-state index contributed by atoms with van der Waals surface area (Å²) in [6, 6.07) is 4.88. The summed E-state index contributed by atoms with van der Waals surface area (Å²) < 4.78 is 14.4. The molecular formula is C23H26FN5O3. The van der Waals surface area contributed by atoms with E-state index in [1.807, 2.05) is 4.90 Å². The van der Waals surface area contributed by atoms with Crippen LogP contribution in [0.2, 0.25) is 0 Å². The number of nitrogens with zero attached hydrogens (tertiary/aromatic N) is 4. The quantitative estimate of drug-likeness (QED) is 0.774. The second kappa shape index (κ2) is 7.28. The van der Waals surface area contributed by atoms with E-state index in [1.54, 1.807) is 12.1 Å². The van der Waals surface area contributed by atoms with Gasteiger partial charge in [-0.2, -0.15) is 5.10 Å². The van der Waals surface area contributed by atoms with Gasteiger partial charge in [0.1, 0.15) is 5.82 Å². The molecule has 0 spiro atoms. The van der Waals surface area contributed by atoms with Gasteiger partial charge in [0.25, 0.3) is 0 Å². The van der Waals surface area contributed by atoms with Crippen LogP contribution in [0.15, 0.2) is 18.2 Å². The van der Waals surface area contributed by atoms with Crippen molar-refractivity contribution >= 4 is 34.4 Å². The number of anilines is 1. The summed E-state index contributed by atoms with van der Waals surface area (Å²) in [7, 11) is 0. The number of nitrogens with one attached hydrogen (secondary N) is 1. The van der Waals surface area contributed by atoms with Gasteiger partial charge in [-0.3, -0.25) is 24.4 Å². The zero-order valence-electron chi connectivity index (χ0n) is 17.8. The van der Waals surface area contributed by atoms with Crippen molar-refractivity contribution in [2.24, 2.45) is 17.8 Å². The molecule has 32 heavy (non-hydrogen) atoms. The van der Waals surface area contributed by atoms with Crippen LogP contribution in [0, 0.1) is 23.6 Å². The largest absolute Gasteiger partial charge is 0.342 e. The molecule has 1 aromatic heterocycles. The molecule has 4 aliphatic heterocycles. The number of H-pyrrole nitrogens is 1. The third kappa shape index (κ3) is 3.01. The molecule has 2 bridgehead atoms. The van der Waals surface area contributed by atoms with Crippen LogP contribution in [0.5, 0.6) is 0 Å². The van der Waals surface area contributed by atoms with E-state index in [2.05, 4.69) is 15.1 Å². The third-order valence-corrected chi connectivity index (χ3v) is 7.74. The molecule has 4 saturated heterocycles. The summed E-state index contributed by atoms with van der Waals surface area (Å²) in [6.45, 7) is 2.23. The number of amides is 3. The number of halogens is 1. The van der Waals surface area contributed by atoms with Gasteiger partial charge in [0.05, 0.1) is 16.8 Å². The SMILES string of the molecule is O=C(C1CC(=O)N(c2n[nH]c3cccc(F)c23)C1)N1C[C@@H]2C[C@@H](C1)C1CCCC(=O)N1C2. The molecule has 168 valence electrons. The maximum atomic E-state index is 14.4. The minimum Gasteiger partial charge on any atom is -0.342 e. The van der Waals surface area contributed by atoms with Gasteiger partial charge in [-0.1, -0.05) is 6.07 Å². The molecule has 0 aliphatic carbocycles. The van der Waals surface area contributed by atoms with Gasteiger partial charge in [0.2, 0.25) is 17.7 Å². The number of likely N-dealkylation sites (tertiary alicyclic amines) is 1. The zero-order chi connectivity index (χ0) is 22.0. The van der Waals surface area contributed by atoms with Crippen LogP contribution in [0.25, 0.3) is 10.9 Å². The highest BCUT2D eigenvalue weighted by atomic mass is 19.1. The van der Waals surface area contributed by atoms with E-state index >= 15 is 0 Å². The number of aromatic nitrogens is 2. The molecule has 9 heteroatoms. The molecule has 0 radical (unpaired) electrons. The molecule has 2 unspecified atom stereocenters. The van der Waals surface area contributed by atoms with Crippen molar-refractivity contribution in [3.8, 4) is 0 Å². The first-order valence-electron chi connectivity index (χ1n) is 11.5. The molecule has 3 amide bonds. The Morgan fingerprint density at radius 2 is 2.00 bits per heavy atom. The van der Waals surface area contributed by atoms with Gasteiger partial charge in [0.15, 0.2) is 5.82 Å². The standard InChI is InChI=1S/C23H26FN5O3/c24-16-3-1-4-17-21(16)22(26-25-17)29-12-15(8-20(29)31)23(32)27-9-13-7-14(11-27)18-5-2-6-19(30)28(18)10-13/h1,3-4,13-15,18H,2,5-12H2,(H,25,26)/t13-,14-,15?,18?/m0/s1. The first-order valence-corrected chi connectivity index (χ1v) is 11.5. The molecular weight excluding hydrogens is 413 g/mol. The normalized spacial score (nSPS) is 30.2. The number of rotatable bonds is 2. The Kier molecular flexibility index (Phi) is 4.48. The smallest absolute Gasteiger partial charge is 0.229 e. The Labute approximate surface area is 184 Å². The molecule has 1 N–H and O–H groups in total. The fraction of sp³-hybridized carbons (Fsp3) is 0.565. The highest BCUT2D eigenvalue weighted by Gasteiger charge is 2.47. The second-order valence-corrected chi connectivity index (χ2v) is 9.73. The molecule has 1 aromatic carbocycles. The highest BCUT2D eigenvalue weighted by Crippen LogP contribution is 2.39. The summed E-state index contributed by atoms with van der Waals surface area (Å²) in [6.07, 6.45) is 3.75. The number of fused-ring (bicyclic) bond motifs is 5. The topological polar surface area (TPSA) is 89.6 Å². The third-order valence-electron chi connectivity index (χ3n) is 7.74. The minimum absolute atomic E-state index is 0.00792. The lowest BCUT2D eigenvalue weighted by molar-refractivity contribution is -0.150. The summed E-state index contributed by atoms with van der Waals surface area (Å²) in [5.74, 6) is 0.0132. The van der Waals surface area contributed by atoms with E-state index in [9.17, 15) is 18.8 Å². The number of carbonyl (C=O) groups excluding carboxylic acids is 3. The predicted octanol–water partition coefficient (Wildman–Crippen LogP) is 1.91. The first-order chi connectivity index (χ1) is 15.5. The minimum atomic E-state index is -0.455. The van der Waals surface area contributed by atoms with Crippen LogP contribution in [0.1, 0.15) is 32.1 Å². The first kappa shape index (κ1) is 19.7. The number of hydrogen-bond acceptors (Lipinski definition) is 4. The lowest BCUT2D eigenvalue weighted by Gasteiger charge is -2.52. The molecule has 4 aliphatic rings. The van der Waals surface area contributed by atoms with Crippen molar-refractivity contribution in [1.82, 2.24) is 20.0 Å². The molecule has 8 nitrogen and oxygen atoms in total. The Morgan fingerprint density at radius 1 is 1.12 bits per heavy atom. The van der Waals surface area contributed by atoms with Crippen molar-refractivity contribution in [3.05, 3.63) is 24.0 Å². The summed E-state index contributed by atoms with van der Waals surface area (Å²) in [4.78, 5) is 44.0. The molecule has 2 aromatic rings. The Hall–Kier alpha value is -2.97. The van der Waals surface area contributed by atoms with Gasteiger partial charge in [0, 0.05) is 45.1 Å². The van der Waals surface area contributed by atoms with Crippen LogP contribution < -0.4 is 4.90 Å². The van der Waals surface area contributed by atoms with Crippen LogP contribution in [0.3, 0.4) is 0 Å². The van der Waals surface area contributed by atoms with Crippen molar-refractivity contribution in [3.63, 3.8) is 0 Å². The fourth-order valence-electron chi connectivity index (χ4n) is 6.33. The summed E-state index contributed by atoms with van der Waals surface area (Å²) in [5, 5.41) is 7.23. The van der Waals surface area contributed by atoms with E-state index < -0.39 is 11.7 Å². The predicted molar refractivity (Wildman–Crippen MR) is 114 cm³/mol. The van der Waals surface area contributed by atoms with Crippen molar-refractivity contribution in [2.45, 2.75) is 38.1 Å². The molecule has 0 saturated carbocycles. The Bertz CT molecular complexity index is 1120. The van der Waals surface area contributed by atoms with Crippen LogP contribution >= 0.6 is 0 Å². The van der Waals surface area contributed by atoms with Crippen molar-refractivity contribution in [1.29, 1.82) is 0 Å². The monoisotopic (exact) mass is 439 g/mol. The van der Waals surface area contributed by atoms with Gasteiger partial charge in [-0.05, 0) is 43.2 Å². The zero-order valence-corrected chi connectivity index (χ0v) is 17.8. The summed E-state index contributed by atoms with van der Waals surface area (Å²) in [5.41, 5.74) is 0.526. The number of carbonyl (C=O) groups is 3. The van der Waals surface area contributed by atoms with E-state index in [0.29, 0.717) is 36.9 Å². The molecule has 6 rings (SSSR count). The second-order valence-electron chi connectivity index (χ2n) is 9.73. The van der Waals surface area contributed by atoms with E-state index in [0.717, 1.165) is 25.8 Å². The van der Waals surface area contributed by atoms with Crippen LogP contribution in [-0.2, 0) is 14.4 Å². The number of benzene rings is 1. The average Bonchev–Trinajstić information content (AvgIpc) is 3.38. The highest BCUT2D eigenvalue weighted by molar-refractivity contribution is 6.05. The summed E-state index contributed by atoms with van der Waals surface area (Å²) >= 11 is 0. The van der Waals surface area contributed by atoms with E-state index in [-0.39, 0.29) is 47.9 Å². The molecule has 4 atom stereocenters. The number of hydrogen-bond donors (Lipinski definition) is 1. The molecule has 4 fully saturated rings. The lowest BCUT2D eigenvalue weighted by atomic mass is 9.75. The average molecular weight is 439 g/mol. The maximum absolute atomic E-state index is 14.4. The van der Waals surface area contributed by atoms with E-state index in [4.69, 9.17) is 0 Å². The van der Waals surface area contributed by atoms with Crippen LogP contribution in [0.4, 0.5) is 10.2 Å². The molecule has 5 heterocycles. The van der Waals surface area contributed by atoms with Gasteiger partial charge in [-0.15, -0.1) is 0 Å². The van der Waals surface area contributed by atoms with Gasteiger partial charge >= 0.3 is 0 Å². The fourth-order valence-corrected chi connectivity index (χ4v) is 6.33. The maximum Gasteiger partial charge on any atom is 0.229 e. The Morgan fingerprint density at radius 3 is 2.88 bits per heavy atom. The van der Waals surface area contributed by atoms with Gasteiger partial charge < -0.3 is 9.80 Å². The number of aromatic amines is 1.